The Morgan fingerprint density at radius 3 is 2.07 bits per heavy atom. The van der Waals surface area contributed by atoms with E-state index in [0.29, 0.717) is 5.82 Å². The van der Waals surface area contributed by atoms with E-state index in [9.17, 15) is 9.59 Å². The Morgan fingerprint density at radius 1 is 0.967 bits per heavy atom. The monoisotopic (exact) mass is 413 g/mol. The fourth-order valence-electron chi connectivity index (χ4n) is 2.46. The van der Waals surface area contributed by atoms with Crippen molar-refractivity contribution in [2.75, 3.05) is 5.32 Å². The average Bonchev–Trinajstić information content (AvgIpc) is 2.59. The summed E-state index contributed by atoms with van der Waals surface area (Å²) >= 11 is 0. The number of nitrogens with zero attached hydrogens (tertiary/aromatic N) is 2. The molecule has 0 radical (unpaired) electrons. The van der Waals surface area contributed by atoms with Crippen LogP contribution in [0.1, 0.15) is 52.7 Å². The zero-order chi connectivity index (χ0) is 22.5. The molecule has 1 N–H and O–H groups in total. The molecule has 0 spiro atoms. The molecule has 1 heterocycles. The third kappa shape index (κ3) is 7.73. The smallest absolute Gasteiger partial charge is 0.420 e. The van der Waals surface area contributed by atoms with Gasteiger partial charge in [-0.15, -0.1) is 0 Å². The highest BCUT2D eigenvalue weighted by Gasteiger charge is 2.31. The number of benzene rings is 1. The molecule has 2 amide bonds. The summed E-state index contributed by atoms with van der Waals surface area (Å²) in [6.07, 6.45) is 0.268. The summed E-state index contributed by atoms with van der Waals surface area (Å²) in [4.78, 5) is 30.7. The third-order valence-electron chi connectivity index (χ3n) is 3.68. The number of aryl methyl sites for hydroxylation is 1. The summed E-state index contributed by atoms with van der Waals surface area (Å²) in [6.45, 7) is 12.5. The number of aromatic nitrogens is 1. The number of nitrogens with one attached hydrogen (secondary N) is 1. The van der Waals surface area contributed by atoms with E-state index in [1.165, 1.54) is 0 Å². The minimum atomic E-state index is -0.754. The predicted octanol–water partition coefficient (Wildman–Crippen LogP) is 5.81. The Labute approximate surface area is 178 Å². The van der Waals surface area contributed by atoms with Gasteiger partial charge in [-0.05, 0) is 77.8 Å². The quantitative estimate of drug-likeness (QED) is 0.682. The summed E-state index contributed by atoms with van der Waals surface area (Å²) in [5.41, 5.74) is 1.12. The maximum atomic E-state index is 12.7. The van der Waals surface area contributed by atoms with Crippen LogP contribution in [0.2, 0.25) is 0 Å². The van der Waals surface area contributed by atoms with E-state index in [1.807, 2.05) is 43.3 Å². The van der Waals surface area contributed by atoms with Gasteiger partial charge in [0.2, 0.25) is 0 Å². The number of imide groups is 1. The van der Waals surface area contributed by atoms with Crippen LogP contribution in [0.5, 0.6) is 0 Å². The Bertz CT molecular complexity index is 853. The molecule has 0 aliphatic heterocycles. The van der Waals surface area contributed by atoms with Crippen molar-refractivity contribution in [1.29, 1.82) is 0 Å². The molecular formula is C23H31N3O4. The minimum Gasteiger partial charge on any atom is -0.443 e. The zero-order valence-electron chi connectivity index (χ0n) is 18.8. The van der Waals surface area contributed by atoms with Crippen LogP contribution in [0.4, 0.5) is 21.1 Å². The van der Waals surface area contributed by atoms with Crippen molar-refractivity contribution in [1.82, 2.24) is 9.88 Å². The minimum absolute atomic E-state index is 0.0146. The number of anilines is 2. The Balaban J connectivity index is 2.22. The molecule has 1 aromatic heterocycles. The second-order valence-corrected chi connectivity index (χ2v) is 9.09. The molecule has 0 aliphatic carbocycles. The normalized spacial score (nSPS) is 11.6. The second kappa shape index (κ2) is 9.15. The first-order chi connectivity index (χ1) is 13.8. The Hall–Kier alpha value is -3.09. The van der Waals surface area contributed by atoms with E-state index in [1.54, 1.807) is 47.7 Å². The van der Waals surface area contributed by atoms with Gasteiger partial charge in [0.1, 0.15) is 17.0 Å². The number of hydrogen-bond donors (Lipinski definition) is 1. The van der Waals surface area contributed by atoms with Crippen LogP contribution in [-0.2, 0) is 16.0 Å². The van der Waals surface area contributed by atoms with Crippen molar-refractivity contribution in [3.63, 3.8) is 0 Å². The van der Waals surface area contributed by atoms with Crippen LogP contribution in [0, 0.1) is 6.92 Å². The van der Waals surface area contributed by atoms with Crippen LogP contribution in [0.25, 0.3) is 0 Å². The van der Waals surface area contributed by atoms with Gasteiger partial charge in [0.25, 0.3) is 0 Å². The average molecular weight is 414 g/mol. The van der Waals surface area contributed by atoms with Crippen molar-refractivity contribution in [3.8, 4) is 0 Å². The molecule has 1 aromatic carbocycles. The zero-order valence-corrected chi connectivity index (χ0v) is 18.8. The maximum Gasteiger partial charge on any atom is 0.420 e. The maximum absolute atomic E-state index is 12.7. The van der Waals surface area contributed by atoms with E-state index in [-0.39, 0.29) is 6.54 Å². The number of carbonyl (C=O) groups is 2. The number of pyridine rings is 1. The largest absolute Gasteiger partial charge is 0.443 e. The molecule has 0 saturated heterocycles. The first kappa shape index (κ1) is 23.2. The first-order valence-corrected chi connectivity index (χ1v) is 9.84. The van der Waals surface area contributed by atoms with Crippen LogP contribution >= 0.6 is 0 Å². The van der Waals surface area contributed by atoms with Crippen LogP contribution in [-0.4, -0.2) is 33.3 Å². The van der Waals surface area contributed by atoms with Gasteiger partial charge in [-0.25, -0.2) is 19.5 Å². The summed E-state index contributed by atoms with van der Waals surface area (Å²) in [7, 11) is 0. The van der Waals surface area contributed by atoms with Crippen LogP contribution in [0.3, 0.4) is 0 Å². The Morgan fingerprint density at radius 2 is 1.57 bits per heavy atom. The number of hydrogen-bond acceptors (Lipinski definition) is 6. The highest BCUT2D eigenvalue weighted by atomic mass is 16.6. The lowest BCUT2D eigenvalue weighted by Gasteiger charge is -2.28. The molecule has 2 rings (SSSR count). The van der Waals surface area contributed by atoms with Crippen LogP contribution in [0.15, 0.2) is 42.6 Å². The highest BCUT2D eigenvalue weighted by Crippen LogP contribution is 2.20. The molecule has 7 heteroatoms. The van der Waals surface area contributed by atoms with Crippen LogP contribution < -0.4 is 5.32 Å². The molecule has 30 heavy (non-hydrogen) atoms. The van der Waals surface area contributed by atoms with Gasteiger partial charge in [0.05, 0.1) is 6.54 Å². The molecule has 0 atom stereocenters. The van der Waals surface area contributed by atoms with Crippen molar-refractivity contribution in [3.05, 3.63) is 53.7 Å². The second-order valence-electron chi connectivity index (χ2n) is 9.09. The number of ether oxygens (including phenoxy) is 2. The molecule has 0 saturated carbocycles. The van der Waals surface area contributed by atoms with Gasteiger partial charge < -0.3 is 14.8 Å². The third-order valence-corrected chi connectivity index (χ3v) is 3.68. The molecule has 162 valence electrons. The molecule has 0 fully saturated rings. The summed E-state index contributed by atoms with van der Waals surface area (Å²) < 4.78 is 10.8. The van der Waals surface area contributed by atoms with Crippen molar-refractivity contribution in [2.45, 2.75) is 66.2 Å². The van der Waals surface area contributed by atoms with Gasteiger partial charge in [0.15, 0.2) is 0 Å². The van der Waals surface area contributed by atoms with E-state index in [0.717, 1.165) is 21.7 Å². The number of amides is 2. The van der Waals surface area contributed by atoms with E-state index < -0.39 is 23.4 Å². The van der Waals surface area contributed by atoms with Gasteiger partial charge in [0, 0.05) is 11.9 Å². The predicted molar refractivity (Wildman–Crippen MR) is 117 cm³/mol. The van der Waals surface area contributed by atoms with Gasteiger partial charge >= 0.3 is 12.2 Å². The highest BCUT2D eigenvalue weighted by molar-refractivity contribution is 5.88. The van der Waals surface area contributed by atoms with Gasteiger partial charge in [-0.3, -0.25) is 0 Å². The van der Waals surface area contributed by atoms with Gasteiger partial charge in [-0.1, -0.05) is 18.2 Å². The fraction of sp³-hybridized carbons (Fsp3) is 0.435. The molecule has 0 unspecified atom stereocenters. The molecule has 2 aromatic rings. The van der Waals surface area contributed by atoms with Crippen molar-refractivity contribution in [2.24, 2.45) is 0 Å². The lowest BCUT2D eigenvalue weighted by Crippen LogP contribution is -2.43. The standard InChI is InChI=1S/C23H31N3O4/c1-16-11-12-19(24-14-16)25-18-10-8-9-17(13-18)15-26(20(27)29-22(2,3)4)21(28)30-23(5,6)7/h8-14H,15H2,1-7H3,(H,24,25). The molecular weight excluding hydrogens is 382 g/mol. The fourth-order valence-corrected chi connectivity index (χ4v) is 2.46. The molecule has 0 bridgehead atoms. The summed E-state index contributed by atoms with van der Waals surface area (Å²) in [6, 6.07) is 11.3. The number of carbonyl (C=O) groups excluding carboxylic acids is 2. The van der Waals surface area contributed by atoms with Crippen molar-refractivity contribution < 1.29 is 19.1 Å². The first-order valence-electron chi connectivity index (χ1n) is 9.84. The summed E-state index contributed by atoms with van der Waals surface area (Å²) in [5, 5.41) is 3.22. The SMILES string of the molecule is Cc1ccc(Nc2cccc(CN(C(=O)OC(C)(C)C)C(=O)OC(C)(C)C)c2)nc1. The molecule has 7 nitrogen and oxygen atoms in total. The Kier molecular flexibility index (Phi) is 7.08. The van der Waals surface area contributed by atoms with E-state index in [4.69, 9.17) is 9.47 Å². The lowest BCUT2D eigenvalue weighted by atomic mass is 10.2. The van der Waals surface area contributed by atoms with E-state index >= 15 is 0 Å². The topological polar surface area (TPSA) is 80.8 Å². The van der Waals surface area contributed by atoms with E-state index in [2.05, 4.69) is 10.3 Å². The lowest BCUT2D eigenvalue weighted by molar-refractivity contribution is -0.000247. The molecule has 0 aliphatic rings. The number of rotatable bonds is 4. The van der Waals surface area contributed by atoms with Gasteiger partial charge in [-0.2, -0.15) is 0 Å². The summed E-state index contributed by atoms with van der Waals surface area (Å²) in [5.74, 6) is 0.703. The van der Waals surface area contributed by atoms with Crippen molar-refractivity contribution >= 4 is 23.7 Å².